The van der Waals surface area contributed by atoms with Gasteiger partial charge in [0.25, 0.3) is 5.91 Å². The molecule has 2 aromatic carbocycles. The predicted molar refractivity (Wildman–Crippen MR) is 139 cm³/mol. The second-order valence-corrected chi connectivity index (χ2v) is 9.13. The molecule has 182 valence electrons. The van der Waals surface area contributed by atoms with Crippen LogP contribution in [0, 0.1) is 13.8 Å². The Morgan fingerprint density at radius 1 is 1.14 bits per heavy atom. The standard InChI is InChI=1S/C28H24N2O5S/c1-4-16-35-27(34)25-18(3)29-28(36-25)30-23(20-13-10-17(2)11-14-20)22(24(32)26(30)33)21(31)15-12-19-8-6-5-7-9-19/h4-15,23,32H,1,16H2,2-3H3/b15-12+. The molecule has 1 amide bonds. The van der Waals surface area contributed by atoms with Crippen molar-refractivity contribution in [1.82, 2.24) is 4.98 Å². The first-order valence-corrected chi connectivity index (χ1v) is 12.0. The predicted octanol–water partition coefficient (Wildman–Crippen LogP) is 5.29. The van der Waals surface area contributed by atoms with Crippen LogP contribution in [0.2, 0.25) is 0 Å². The Kier molecular flexibility index (Phi) is 7.26. The van der Waals surface area contributed by atoms with E-state index in [-0.39, 0.29) is 22.2 Å². The molecule has 0 aliphatic carbocycles. The molecule has 0 spiro atoms. The Bertz CT molecular complexity index is 1390. The summed E-state index contributed by atoms with van der Waals surface area (Å²) in [6.45, 7) is 7.13. The number of esters is 1. The van der Waals surface area contributed by atoms with Crippen LogP contribution in [0.15, 0.2) is 84.7 Å². The van der Waals surface area contributed by atoms with E-state index in [0.717, 1.165) is 22.5 Å². The number of aliphatic hydroxyl groups excluding tert-OH is 1. The lowest BCUT2D eigenvalue weighted by molar-refractivity contribution is -0.117. The summed E-state index contributed by atoms with van der Waals surface area (Å²) < 4.78 is 5.13. The van der Waals surface area contributed by atoms with Crippen LogP contribution >= 0.6 is 11.3 Å². The minimum Gasteiger partial charge on any atom is -0.503 e. The summed E-state index contributed by atoms with van der Waals surface area (Å²) in [5.41, 5.74) is 2.75. The number of anilines is 1. The summed E-state index contributed by atoms with van der Waals surface area (Å²) >= 11 is 0.965. The first-order chi connectivity index (χ1) is 17.3. The molecule has 1 unspecified atom stereocenters. The maximum Gasteiger partial charge on any atom is 0.350 e. The van der Waals surface area contributed by atoms with E-state index < -0.39 is 29.5 Å². The number of ketones is 1. The molecule has 8 heteroatoms. The van der Waals surface area contributed by atoms with Crippen molar-refractivity contribution >= 4 is 40.2 Å². The van der Waals surface area contributed by atoms with Gasteiger partial charge in [0.05, 0.1) is 17.3 Å². The van der Waals surface area contributed by atoms with Gasteiger partial charge in [-0.15, -0.1) is 0 Å². The molecule has 1 aromatic heterocycles. The van der Waals surface area contributed by atoms with Gasteiger partial charge in [-0.2, -0.15) is 0 Å². The van der Waals surface area contributed by atoms with Crippen LogP contribution in [-0.4, -0.2) is 34.4 Å². The van der Waals surface area contributed by atoms with Gasteiger partial charge >= 0.3 is 5.97 Å². The number of aliphatic hydroxyl groups is 1. The highest BCUT2D eigenvalue weighted by Gasteiger charge is 2.45. The fraction of sp³-hybridized carbons (Fsp3) is 0.143. The quantitative estimate of drug-likeness (QED) is 0.257. The summed E-state index contributed by atoms with van der Waals surface area (Å²) in [6.07, 6.45) is 4.42. The van der Waals surface area contributed by atoms with E-state index in [1.807, 2.05) is 49.4 Å². The van der Waals surface area contributed by atoms with Gasteiger partial charge in [0.15, 0.2) is 16.7 Å². The van der Waals surface area contributed by atoms with Crippen LogP contribution in [0.4, 0.5) is 5.13 Å². The molecule has 0 saturated heterocycles. The molecule has 0 bridgehead atoms. The maximum absolute atomic E-state index is 13.3. The van der Waals surface area contributed by atoms with Crippen molar-refractivity contribution in [3.63, 3.8) is 0 Å². The molecule has 2 heterocycles. The van der Waals surface area contributed by atoms with Gasteiger partial charge in [0, 0.05) is 0 Å². The van der Waals surface area contributed by atoms with E-state index in [9.17, 15) is 19.5 Å². The Balaban J connectivity index is 1.76. The zero-order valence-corrected chi connectivity index (χ0v) is 20.6. The lowest BCUT2D eigenvalue weighted by Gasteiger charge is -2.24. The van der Waals surface area contributed by atoms with Crippen molar-refractivity contribution in [2.75, 3.05) is 11.5 Å². The first-order valence-electron chi connectivity index (χ1n) is 11.2. The van der Waals surface area contributed by atoms with Crippen molar-refractivity contribution in [3.8, 4) is 0 Å². The number of hydrogen-bond acceptors (Lipinski definition) is 7. The van der Waals surface area contributed by atoms with Crippen molar-refractivity contribution < 1.29 is 24.2 Å². The second kappa shape index (κ2) is 10.5. The number of amides is 1. The van der Waals surface area contributed by atoms with Crippen LogP contribution in [0.1, 0.15) is 38.1 Å². The lowest BCUT2D eigenvalue weighted by atomic mass is 9.95. The number of rotatable bonds is 8. The summed E-state index contributed by atoms with van der Waals surface area (Å²) in [7, 11) is 0. The molecule has 7 nitrogen and oxygen atoms in total. The van der Waals surface area contributed by atoms with Gasteiger partial charge in [-0.25, -0.2) is 9.78 Å². The van der Waals surface area contributed by atoms with Crippen LogP contribution in [0.3, 0.4) is 0 Å². The smallest absolute Gasteiger partial charge is 0.350 e. The van der Waals surface area contributed by atoms with Crippen LogP contribution in [0.25, 0.3) is 6.08 Å². The molecule has 0 saturated carbocycles. The number of aryl methyl sites for hydroxylation is 2. The fourth-order valence-electron chi connectivity index (χ4n) is 3.82. The Morgan fingerprint density at radius 3 is 2.50 bits per heavy atom. The molecule has 0 fully saturated rings. The number of ether oxygens (including phenoxy) is 1. The van der Waals surface area contributed by atoms with Crippen LogP contribution in [-0.2, 0) is 14.3 Å². The summed E-state index contributed by atoms with van der Waals surface area (Å²) in [4.78, 5) is 45.0. The van der Waals surface area contributed by atoms with E-state index in [1.54, 1.807) is 25.1 Å². The zero-order valence-electron chi connectivity index (χ0n) is 19.8. The number of carbonyl (C=O) groups excluding carboxylic acids is 3. The minimum atomic E-state index is -0.923. The molecule has 4 rings (SSSR count). The maximum atomic E-state index is 13.3. The van der Waals surface area contributed by atoms with E-state index in [1.165, 1.54) is 17.1 Å². The SMILES string of the molecule is C=CCOC(=O)c1sc(N2C(=O)C(O)=C(C(=O)/C=C/c3ccccc3)C2c2ccc(C)cc2)nc1C. The van der Waals surface area contributed by atoms with E-state index in [4.69, 9.17) is 4.74 Å². The number of allylic oxidation sites excluding steroid dienone is 1. The third kappa shape index (κ3) is 4.89. The molecule has 1 atom stereocenters. The van der Waals surface area contributed by atoms with Crippen molar-refractivity contribution in [2.24, 2.45) is 0 Å². The van der Waals surface area contributed by atoms with Gasteiger partial charge in [-0.1, -0.05) is 90.2 Å². The fourth-order valence-corrected chi connectivity index (χ4v) is 4.81. The monoisotopic (exact) mass is 500 g/mol. The summed E-state index contributed by atoms with van der Waals surface area (Å²) in [6, 6.07) is 15.6. The average Bonchev–Trinajstić information content (AvgIpc) is 3.39. The first kappa shape index (κ1) is 24.8. The van der Waals surface area contributed by atoms with Crippen molar-refractivity contribution in [2.45, 2.75) is 19.9 Å². The highest BCUT2D eigenvalue weighted by atomic mass is 32.1. The molecule has 1 N–H and O–H groups in total. The van der Waals surface area contributed by atoms with Crippen LogP contribution in [0.5, 0.6) is 0 Å². The summed E-state index contributed by atoms with van der Waals surface area (Å²) in [5, 5.41) is 11.0. The van der Waals surface area contributed by atoms with E-state index in [2.05, 4.69) is 11.6 Å². The molecule has 1 aliphatic heterocycles. The number of thiazole rings is 1. The Morgan fingerprint density at radius 2 is 1.83 bits per heavy atom. The third-order valence-corrected chi connectivity index (χ3v) is 6.74. The number of hydrogen-bond donors (Lipinski definition) is 1. The molecule has 1 aliphatic rings. The molecular formula is C28H24N2O5S. The highest BCUT2D eigenvalue weighted by Crippen LogP contribution is 2.43. The van der Waals surface area contributed by atoms with Gasteiger partial charge in [0.2, 0.25) is 0 Å². The van der Waals surface area contributed by atoms with Crippen LogP contribution < -0.4 is 4.90 Å². The van der Waals surface area contributed by atoms with Gasteiger partial charge in [0.1, 0.15) is 11.5 Å². The zero-order chi connectivity index (χ0) is 25.8. The largest absolute Gasteiger partial charge is 0.503 e. The average molecular weight is 501 g/mol. The number of aromatic nitrogens is 1. The molecular weight excluding hydrogens is 476 g/mol. The normalized spacial score (nSPS) is 15.6. The van der Waals surface area contributed by atoms with Gasteiger partial charge in [-0.05, 0) is 31.1 Å². The molecule has 36 heavy (non-hydrogen) atoms. The highest BCUT2D eigenvalue weighted by molar-refractivity contribution is 7.17. The number of carbonyl (C=O) groups is 3. The topological polar surface area (TPSA) is 96.8 Å². The number of benzene rings is 2. The Hall–Kier alpha value is -4.30. The summed E-state index contributed by atoms with van der Waals surface area (Å²) in [5.74, 6) is -2.51. The van der Waals surface area contributed by atoms with Gasteiger partial charge in [-0.3, -0.25) is 14.5 Å². The second-order valence-electron chi connectivity index (χ2n) is 8.16. The van der Waals surface area contributed by atoms with Crippen molar-refractivity contribution in [1.29, 1.82) is 0 Å². The molecule has 3 aromatic rings. The molecule has 0 radical (unpaired) electrons. The third-order valence-electron chi connectivity index (χ3n) is 5.60. The van der Waals surface area contributed by atoms with E-state index >= 15 is 0 Å². The number of nitrogens with zero attached hydrogens (tertiary/aromatic N) is 2. The lowest BCUT2D eigenvalue weighted by Crippen LogP contribution is -2.30. The Labute approximate surface area is 212 Å². The van der Waals surface area contributed by atoms with Gasteiger partial charge < -0.3 is 9.84 Å². The minimum absolute atomic E-state index is 0.0366. The van der Waals surface area contributed by atoms with Crippen molar-refractivity contribution in [3.05, 3.63) is 112 Å². The van der Waals surface area contributed by atoms with E-state index in [0.29, 0.717) is 11.3 Å².